The minimum atomic E-state index is -0.432. The Morgan fingerprint density at radius 2 is 2.04 bits per heavy atom. The number of anilines is 1. The highest BCUT2D eigenvalue weighted by Crippen LogP contribution is 2.25. The van der Waals surface area contributed by atoms with E-state index in [9.17, 15) is 14.9 Å². The van der Waals surface area contributed by atoms with E-state index < -0.39 is 4.92 Å². The second-order valence-electron chi connectivity index (χ2n) is 4.72. The number of non-ortho nitro benzene ring substituents is 1. The van der Waals surface area contributed by atoms with Crippen molar-refractivity contribution in [2.45, 2.75) is 13.5 Å². The molecular weight excluding hydrogens is 316 g/mol. The van der Waals surface area contributed by atoms with Crippen molar-refractivity contribution in [3.05, 3.63) is 50.5 Å². The molecule has 1 heterocycles. The van der Waals surface area contributed by atoms with Crippen LogP contribution in [0.3, 0.4) is 0 Å². The second kappa shape index (κ2) is 7.61. The Hall–Kier alpha value is -2.58. The van der Waals surface area contributed by atoms with Crippen LogP contribution in [0.15, 0.2) is 24.3 Å². The normalized spacial score (nSPS) is 10.9. The molecule has 1 aromatic carbocycles. The largest absolute Gasteiger partial charge is 0.315 e. The zero-order chi connectivity index (χ0) is 16.8. The molecule has 8 heteroatoms. The van der Waals surface area contributed by atoms with Gasteiger partial charge in [-0.1, -0.05) is 17.4 Å². The third kappa shape index (κ3) is 4.70. The van der Waals surface area contributed by atoms with Gasteiger partial charge < -0.3 is 10.6 Å². The number of thiazole rings is 1. The Morgan fingerprint density at radius 1 is 1.35 bits per heavy atom. The Bertz CT molecular complexity index is 738. The number of benzene rings is 1. The van der Waals surface area contributed by atoms with Crippen LogP contribution in [0.25, 0.3) is 12.2 Å². The van der Waals surface area contributed by atoms with Crippen molar-refractivity contribution in [1.29, 1.82) is 0 Å². The molecule has 120 valence electrons. The van der Waals surface area contributed by atoms with Crippen LogP contribution in [0.4, 0.5) is 10.8 Å². The van der Waals surface area contributed by atoms with Gasteiger partial charge in [0.1, 0.15) is 0 Å². The second-order valence-corrected chi connectivity index (χ2v) is 5.80. The molecule has 1 aromatic heterocycles. The van der Waals surface area contributed by atoms with Gasteiger partial charge in [-0.25, -0.2) is 4.98 Å². The molecule has 0 aliphatic rings. The smallest absolute Gasteiger partial charge is 0.269 e. The lowest BCUT2D eigenvalue weighted by Gasteiger charge is -1.96. The maximum atomic E-state index is 11.1. The lowest BCUT2D eigenvalue weighted by atomic mass is 10.2. The number of rotatable bonds is 6. The van der Waals surface area contributed by atoms with Crippen molar-refractivity contribution in [2.75, 3.05) is 12.4 Å². The first-order chi connectivity index (χ1) is 11.0. The highest BCUT2D eigenvalue weighted by molar-refractivity contribution is 7.16. The first kappa shape index (κ1) is 16.8. The van der Waals surface area contributed by atoms with Crippen LogP contribution in [0.1, 0.15) is 23.1 Å². The summed E-state index contributed by atoms with van der Waals surface area (Å²) in [6.45, 7) is 2.07. The van der Waals surface area contributed by atoms with Crippen molar-refractivity contribution >= 4 is 40.2 Å². The summed E-state index contributed by atoms with van der Waals surface area (Å²) in [5.74, 6) is -0.166. The predicted octanol–water partition coefficient (Wildman–Crippen LogP) is 2.90. The highest BCUT2D eigenvalue weighted by atomic mass is 32.1. The molecule has 0 bridgehead atoms. The number of carbonyl (C=O) groups excluding carboxylic acids is 1. The Labute approximate surface area is 137 Å². The number of carbonyl (C=O) groups is 1. The van der Waals surface area contributed by atoms with E-state index in [1.165, 1.54) is 30.4 Å². The SMILES string of the molecule is CNCc1sc(NC(C)=O)nc1C=Cc1ccc([N+](=O)[O-])cc1. The number of hydrogen-bond acceptors (Lipinski definition) is 6. The maximum absolute atomic E-state index is 11.1. The molecule has 1 amide bonds. The molecule has 0 spiro atoms. The standard InChI is InChI=1S/C15H16N4O3S/c1-10(20)17-15-18-13(14(23-15)9-16-2)8-5-11-3-6-12(7-4-11)19(21)22/h3-8,16H,9H2,1-2H3,(H,17,18,20). The fourth-order valence-electron chi connectivity index (χ4n) is 1.87. The molecule has 0 saturated carbocycles. The summed E-state index contributed by atoms with van der Waals surface area (Å²) in [7, 11) is 1.83. The van der Waals surface area contributed by atoms with Gasteiger partial charge >= 0.3 is 0 Å². The molecule has 0 aliphatic carbocycles. The number of hydrogen-bond donors (Lipinski definition) is 2. The molecule has 0 unspecified atom stereocenters. The van der Waals surface area contributed by atoms with Crippen molar-refractivity contribution in [1.82, 2.24) is 10.3 Å². The van der Waals surface area contributed by atoms with E-state index in [2.05, 4.69) is 15.6 Å². The van der Waals surface area contributed by atoms with E-state index in [1.807, 2.05) is 19.2 Å². The van der Waals surface area contributed by atoms with E-state index in [1.54, 1.807) is 12.1 Å². The summed E-state index contributed by atoms with van der Waals surface area (Å²) in [5, 5.41) is 16.9. The summed E-state index contributed by atoms with van der Waals surface area (Å²) in [6, 6.07) is 6.26. The molecule has 2 aromatic rings. The summed E-state index contributed by atoms with van der Waals surface area (Å²) in [4.78, 5) is 26.7. The van der Waals surface area contributed by atoms with Gasteiger partial charge in [0.2, 0.25) is 5.91 Å². The lowest BCUT2D eigenvalue weighted by Crippen LogP contribution is -2.04. The van der Waals surface area contributed by atoms with Gasteiger partial charge in [0, 0.05) is 30.5 Å². The number of nitrogens with one attached hydrogen (secondary N) is 2. The van der Waals surface area contributed by atoms with E-state index in [-0.39, 0.29) is 11.6 Å². The first-order valence-corrected chi connectivity index (χ1v) is 7.65. The average molecular weight is 332 g/mol. The molecule has 23 heavy (non-hydrogen) atoms. The number of nitro groups is 1. The van der Waals surface area contributed by atoms with Crippen molar-refractivity contribution in [2.24, 2.45) is 0 Å². The van der Waals surface area contributed by atoms with Crippen LogP contribution >= 0.6 is 11.3 Å². The van der Waals surface area contributed by atoms with Crippen LogP contribution < -0.4 is 10.6 Å². The summed E-state index contributed by atoms with van der Waals surface area (Å²) >= 11 is 1.41. The summed E-state index contributed by atoms with van der Waals surface area (Å²) in [5.41, 5.74) is 1.64. The van der Waals surface area contributed by atoms with Crippen LogP contribution in [0, 0.1) is 10.1 Å². The number of aromatic nitrogens is 1. The minimum absolute atomic E-state index is 0.0552. The van der Waals surface area contributed by atoms with Gasteiger partial charge in [0.25, 0.3) is 5.69 Å². The quantitative estimate of drug-likeness (QED) is 0.626. The lowest BCUT2D eigenvalue weighted by molar-refractivity contribution is -0.384. The molecule has 7 nitrogen and oxygen atoms in total. The van der Waals surface area contributed by atoms with Gasteiger partial charge in [-0.05, 0) is 30.8 Å². The van der Waals surface area contributed by atoms with E-state index in [0.717, 1.165) is 16.1 Å². The van der Waals surface area contributed by atoms with Crippen molar-refractivity contribution in [3.8, 4) is 0 Å². The molecule has 0 saturated heterocycles. The fraction of sp³-hybridized carbons (Fsp3) is 0.200. The molecule has 0 radical (unpaired) electrons. The van der Waals surface area contributed by atoms with Crippen LogP contribution in [-0.2, 0) is 11.3 Å². The van der Waals surface area contributed by atoms with Gasteiger partial charge in [0.05, 0.1) is 10.6 Å². The zero-order valence-corrected chi connectivity index (χ0v) is 13.5. The van der Waals surface area contributed by atoms with Gasteiger partial charge in [-0.3, -0.25) is 14.9 Å². The third-order valence-corrected chi connectivity index (χ3v) is 3.87. The molecule has 0 atom stereocenters. The van der Waals surface area contributed by atoms with Crippen LogP contribution in [0.2, 0.25) is 0 Å². The molecule has 2 N–H and O–H groups in total. The van der Waals surface area contributed by atoms with Crippen LogP contribution in [0.5, 0.6) is 0 Å². The molecular formula is C15H16N4O3S. The zero-order valence-electron chi connectivity index (χ0n) is 12.7. The minimum Gasteiger partial charge on any atom is -0.315 e. The Kier molecular flexibility index (Phi) is 5.56. The van der Waals surface area contributed by atoms with Gasteiger partial charge in [0.15, 0.2) is 5.13 Å². The first-order valence-electron chi connectivity index (χ1n) is 6.84. The highest BCUT2D eigenvalue weighted by Gasteiger charge is 2.09. The molecule has 0 fully saturated rings. The van der Waals surface area contributed by atoms with E-state index in [4.69, 9.17) is 0 Å². The Morgan fingerprint density at radius 3 is 2.61 bits per heavy atom. The van der Waals surface area contributed by atoms with Crippen molar-refractivity contribution in [3.63, 3.8) is 0 Å². The summed E-state index contributed by atoms with van der Waals surface area (Å²) in [6.07, 6.45) is 3.66. The summed E-state index contributed by atoms with van der Waals surface area (Å²) < 4.78 is 0. The number of amides is 1. The molecule has 2 rings (SSSR count). The van der Waals surface area contributed by atoms with Gasteiger partial charge in [-0.2, -0.15) is 0 Å². The van der Waals surface area contributed by atoms with Gasteiger partial charge in [-0.15, -0.1) is 0 Å². The number of nitrogens with zero attached hydrogens (tertiary/aromatic N) is 2. The number of nitro benzene ring substituents is 1. The maximum Gasteiger partial charge on any atom is 0.269 e. The third-order valence-electron chi connectivity index (χ3n) is 2.89. The van der Waals surface area contributed by atoms with Crippen LogP contribution in [-0.4, -0.2) is 22.9 Å². The molecule has 0 aliphatic heterocycles. The predicted molar refractivity (Wildman–Crippen MR) is 91.2 cm³/mol. The fourth-order valence-corrected chi connectivity index (χ4v) is 2.87. The Balaban J connectivity index is 2.21. The van der Waals surface area contributed by atoms with E-state index in [0.29, 0.717) is 11.7 Å². The topological polar surface area (TPSA) is 97.2 Å². The van der Waals surface area contributed by atoms with Crippen molar-refractivity contribution < 1.29 is 9.72 Å². The average Bonchev–Trinajstić information content (AvgIpc) is 2.87. The van der Waals surface area contributed by atoms with E-state index >= 15 is 0 Å². The monoisotopic (exact) mass is 332 g/mol.